The Hall–Kier alpha value is -3.47. The molecular weight excluding hydrogens is 514 g/mol. The fourth-order valence-corrected chi connectivity index (χ4v) is 5.37. The van der Waals surface area contributed by atoms with Crippen LogP contribution in [0.15, 0.2) is 30.3 Å². The molecule has 1 aromatic carbocycles. The molecule has 0 aliphatic carbocycles. The summed E-state index contributed by atoms with van der Waals surface area (Å²) in [5.74, 6) is -1.91. The van der Waals surface area contributed by atoms with Crippen molar-refractivity contribution in [3.8, 4) is 0 Å². The summed E-state index contributed by atoms with van der Waals surface area (Å²) in [4.78, 5) is 67.3. The minimum atomic E-state index is -0.943. The Bertz CT molecular complexity index is 1030. The Morgan fingerprint density at radius 2 is 1.60 bits per heavy atom. The molecule has 2 aliphatic rings. The van der Waals surface area contributed by atoms with Crippen LogP contribution in [0.25, 0.3) is 0 Å². The van der Waals surface area contributed by atoms with Gasteiger partial charge in [-0.3, -0.25) is 29.2 Å². The van der Waals surface area contributed by atoms with E-state index in [9.17, 15) is 24.0 Å². The van der Waals surface area contributed by atoms with Gasteiger partial charge in [0.15, 0.2) is 0 Å². The van der Waals surface area contributed by atoms with Gasteiger partial charge in [-0.1, -0.05) is 57.0 Å². The largest absolute Gasteiger partial charge is 0.343 e. The molecule has 0 saturated carbocycles. The monoisotopic (exact) mass is 557 g/mol. The van der Waals surface area contributed by atoms with Crippen molar-refractivity contribution in [2.24, 2.45) is 5.92 Å². The van der Waals surface area contributed by atoms with Crippen LogP contribution >= 0.6 is 0 Å². The van der Waals surface area contributed by atoms with Crippen LogP contribution in [-0.2, 0) is 30.4 Å². The Morgan fingerprint density at radius 1 is 0.925 bits per heavy atom. The highest BCUT2D eigenvalue weighted by molar-refractivity contribution is 5.97. The molecule has 0 spiro atoms. The van der Waals surface area contributed by atoms with Crippen LogP contribution in [0.4, 0.5) is 0 Å². The van der Waals surface area contributed by atoms with Gasteiger partial charge in [-0.05, 0) is 50.0 Å². The highest BCUT2D eigenvalue weighted by Gasteiger charge is 2.39. The molecule has 40 heavy (non-hydrogen) atoms. The first-order valence-electron chi connectivity index (χ1n) is 14.4. The molecule has 0 unspecified atom stereocenters. The average Bonchev–Trinajstić information content (AvgIpc) is 2.94. The van der Waals surface area contributed by atoms with Gasteiger partial charge in [0, 0.05) is 19.4 Å². The number of nitrogens with one attached hydrogen (secondary N) is 4. The Balaban J connectivity index is 1.87. The first-order valence-corrected chi connectivity index (χ1v) is 14.4. The van der Waals surface area contributed by atoms with Gasteiger partial charge in [0.2, 0.25) is 29.5 Å². The summed E-state index contributed by atoms with van der Waals surface area (Å²) in [5, 5.41) is 17.3. The third kappa shape index (κ3) is 9.04. The predicted molar refractivity (Wildman–Crippen MR) is 148 cm³/mol. The zero-order chi connectivity index (χ0) is 29.1. The smallest absolute Gasteiger partial charge is 0.245 e. The van der Waals surface area contributed by atoms with E-state index in [1.165, 1.54) is 0 Å². The third-order valence-electron chi connectivity index (χ3n) is 7.48. The first kappa shape index (κ1) is 31.1. The van der Waals surface area contributed by atoms with Crippen molar-refractivity contribution in [1.29, 1.82) is 0 Å². The van der Waals surface area contributed by atoms with E-state index in [0.29, 0.717) is 45.1 Å². The van der Waals surface area contributed by atoms with Gasteiger partial charge in [0.1, 0.15) is 24.2 Å². The van der Waals surface area contributed by atoms with Gasteiger partial charge in [0.05, 0.1) is 0 Å². The van der Waals surface area contributed by atoms with E-state index in [1.54, 1.807) is 10.4 Å². The number of rotatable bonds is 10. The van der Waals surface area contributed by atoms with Crippen molar-refractivity contribution in [3.63, 3.8) is 0 Å². The summed E-state index contributed by atoms with van der Waals surface area (Å²) in [6.45, 7) is 4.36. The number of fused-ring (bicyclic) bond motifs is 1. The van der Waals surface area contributed by atoms with Crippen LogP contribution in [-0.4, -0.2) is 70.4 Å². The second-order valence-corrected chi connectivity index (χ2v) is 11.2. The SMILES string of the molecule is CC(C)C[C@@H]1NC(=O)[C@@H](Cc2ccccc2)NC(=O)[C@H](CCCCCC(=O)NO)NC(=O)[C@@H]2CCCCN2C1=O. The van der Waals surface area contributed by atoms with Crippen LogP contribution < -0.4 is 21.4 Å². The number of carbonyl (C=O) groups excluding carboxylic acids is 5. The summed E-state index contributed by atoms with van der Waals surface area (Å²) in [6, 6.07) is 5.94. The first-order chi connectivity index (χ1) is 19.2. The van der Waals surface area contributed by atoms with E-state index in [2.05, 4.69) is 16.0 Å². The summed E-state index contributed by atoms with van der Waals surface area (Å²) in [6.07, 6.45) is 4.78. The Morgan fingerprint density at radius 3 is 2.30 bits per heavy atom. The van der Waals surface area contributed by atoms with E-state index in [-0.39, 0.29) is 30.6 Å². The maximum atomic E-state index is 13.8. The van der Waals surface area contributed by atoms with Crippen LogP contribution in [0, 0.1) is 5.92 Å². The molecule has 220 valence electrons. The number of nitrogens with zero attached hydrogens (tertiary/aromatic N) is 1. The third-order valence-corrected chi connectivity index (χ3v) is 7.48. The van der Waals surface area contributed by atoms with Crippen molar-refractivity contribution in [1.82, 2.24) is 26.3 Å². The van der Waals surface area contributed by atoms with E-state index < -0.39 is 41.9 Å². The minimum absolute atomic E-state index is 0.120. The van der Waals surface area contributed by atoms with Crippen molar-refractivity contribution >= 4 is 29.5 Å². The highest BCUT2D eigenvalue weighted by Crippen LogP contribution is 2.21. The lowest BCUT2D eigenvalue weighted by Crippen LogP contribution is -2.63. The number of hydrogen-bond acceptors (Lipinski definition) is 6. The van der Waals surface area contributed by atoms with Crippen LogP contribution in [0.5, 0.6) is 0 Å². The molecule has 11 nitrogen and oxygen atoms in total. The molecule has 2 saturated heterocycles. The zero-order valence-electron chi connectivity index (χ0n) is 23.5. The molecule has 11 heteroatoms. The van der Waals surface area contributed by atoms with E-state index in [1.807, 2.05) is 44.2 Å². The predicted octanol–water partition coefficient (Wildman–Crippen LogP) is 1.58. The molecule has 0 radical (unpaired) electrons. The van der Waals surface area contributed by atoms with Crippen LogP contribution in [0.3, 0.4) is 0 Å². The normalized spacial score (nSPS) is 24.2. The standard InChI is InChI=1S/C29H43N5O6/c1-19(2)17-23-29(39)34-16-10-9-14-24(34)28(38)30-21(13-7-4-8-15-25(35)33-40)26(36)31-22(27(37)32-23)18-20-11-5-3-6-12-20/h3,5-6,11-12,19,21-24,40H,4,7-10,13-18H2,1-2H3,(H,30,38)(H,31,36)(H,32,37)(H,33,35)/t21-,22+,23-,24-/m0/s1. The highest BCUT2D eigenvalue weighted by atomic mass is 16.5. The van der Waals surface area contributed by atoms with E-state index >= 15 is 0 Å². The molecule has 0 bridgehead atoms. The van der Waals surface area contributed by atoms with E-state index in [0.717, 1.165) is 18.4 Å². The number of piperidine rings is 1. The lowest BCUT2D eigenvalue weighted by molar-refractivity contribution is -0.147. The average molecular weight is 558 g/mol. The van der Waals surface area contributed by atoms with Gasteiger partial charge in [-0.25, -0.2) is 5.48 Å². The number of benzene rings is 1. The van der Waals surface area contributed by atoms with Crippen LogP contribution in [0.1, 0.15) is 77.2 Å². The zero-order valence-corrected chi connectivity index (χ0v) is 23.5. The molecule has 1 aromatic rings. The van der Waals surface area contributed by atoms with Crippen molar-refractivity contribution in [3.05, 3.63) is 35.9 Å². The molecule has 4 atom stereocenters. The molecule has 2 heterocycles. The molecule has 0 aromatic heterocycles. The van der Waals surface area contributed by atoms with Crippen molar-refractivity contribution < 1.29 is 29.2 Å². The van der Waals surface area contributed by atoms with Gasteiger partial charge < -0.3 is 20.9 Å². The van der Waals surface area contributed by atoms with Gasteiger partial charge in [0.25, 0.3) is 0 Å². The van der Waals surface area contributed by atoms with Crippen LogP contribution in [0.2, 0.25) is 0 Å². The maximum Gasteiger partial charge on any atom is 0.245 e. The van der Waals surface area contributed by atoms with Crippen molar-refractivity contribution in [2.45, 2.75) is 102 Å². The van der Waals surface area contributed by atoms with E-state index in [4.69, 9.17) is 5.21 Å². The lowest BCUT2D eigenvalue weighted by atomic mass is 9.95. The Labute approximate surface area is 235 Å². The molecule has 5 amide bonds. The minimum Gasteiger partial charge on any atom is -0.343 e. The summed E-state index contributed by atoms with van der Waals surface area (Å²) >= 11 is 0. The summed E-state index contributed by atoms with van der Waals surface area (Å²) in [5.41, 5.74) is 2.45. The van der Waals surface area contributed by atoms with Gasteiger partial charge in [-0.2, -0.15) is 0 Å². The molecule has 2 fully saturated rings. The quantitative estimate of drug-likeness (QED) is 0.167. The number of amides is 5. The summed E-state index contributed by atoms with van der Waals surface area (Å²) < 4.78 is 0. The second-order valence-electron chi connectivity index (χ2n) is 11.2. The van der Waals surface area contributed by atoms with Crippen molar-refractivity contribution in [2.75, 3.05) is 6.54 Å². The maximum absolute atomic E-state index is 13.8. The molecular formula is C29H43N5O6. The fourth-order valence-electron chi connectivity index (χ4n) is 5.37. The number of hydroxylamine groups is 1. The Kier molecular flexibility index (Phi) is 11.9. The molecule has 2 aliphatic heterocycles. The van der Waals surface area contributed by atoms with Gasteiger partial charge in [-0.15, -0.1) is 0 Å². The second kappa shape index (κ2) is 15.4. The number of hydrogen-bond donors (Lipinski definition) is 5. The van der Waals surface area contributed by atoms with Gasteiger partial charge >= 0.3 is 0 Å². The number of carbonyl (C=O) groups is 5. The summed E-state index contributed by atoms with van der Waals surface area (Å²) in [7, 11) is 0. The number of unbranched alkanes of at least 4 members (excludes halogenated alkanes) is 2. The topological polar surface area (TPSA) is 157 Å². The fraction of sp³-hybridized carbons (Fsp3) is 0.621. The molecule has 5 N–H and O–H groups in total. The molecule has 3 rings (SSSR count). The lowest BCUT2D eigenvalue weighted by Gasteiger charge is -2.39.